The lowest BCUT2D eigenvalue weighted by Gasteiger charge is -2.17. The van der Waals surface area contributed by atoms with E-state index < -0.39 is 24.1 Å². The smallest absolute Gasteiger partial charge is 0.351 e. The number of anilines is 1. The molecule has 2 heterocycles. The molecule has 1 aliphatic heterocycles. The van der Waals surface area contributed by atoms with Crippen LogP contribution in [0.3, 0.4) is 0 Å². The van der Waals surface area contributed by atoms with Crippen molar-refractivity contribution in [3.05, 3.63) is 22.7 Å². The maximum Gasteiger partial charge on any atom is 0.351 e. The number of ether oxygens (including phenoxy) is 1. The lowest BCUT2D eigenvalue weighted by Crippen LogP contribution is -2.33. The first kappa shape index (κ1) is 14.6. The Morgan fingerprint density at radius 3 is 2.80 bits per heavy atom. The van der Waals surface area contributed by atoms with Gasteiger partial charge >= 0.3 is 5.69 Å². The zero-order chi connectivity index (χ0) is 14.9. The Kier molecular flexibility index (Phi) is 4.17. The van der Waals surface area contributed by atoms with Crippen LogP contribution in [0.5, 0.6) is 0 Å². The van der Waals surface area contributed by atoms with E-state index in [0.717, 1.165) is 4.57 Å². The van der Waals surface area contributed by atoms with Crippen LogP contribution in [-0.4, -0.2) is 44.5 Å². The van der Waals surface area contributed by atoms with Gasteiger partial charge in [-0.2, -0.15) is 4.98 Å². The Balaban J connectivity index is 2.26. The Morgan fingerprint density at radius 2 is 2.30 bits per heavy atom. The number of hydrogen-bond acceptors (Lipinski definition) is 6. The molecule has 0 saturated carbocycles. The second-order valence-electron chi connectivity index (χ2n) is 4.78. The molecule has 0 aliphatic carbocycles. The standard InChI is InChI=1S/C12H17N3O5/c1-6-8(5-16)20-11(10(6)18)15-4-3-9(13-7(2)17)14-12(15)19/h3-4,6,8,10-11,16,18H,5H2,1-2H3,(H,13,14,17,19)/t6-,8+,10?,11+/m0/s1. The molecule has 8 nitrogen and oxygen atoms in total. The van der Waals surface area contributed by atoms with Gasteiger partial charge in [-0.1, -0.05) is 6.92 Å². The summed E-state index contributed by atoms with van der Waals surface area (Å²) in [7, 11) is 0. The number of aromatic nitrogens is 2. The van der Waals surface area contributed by atoms with Crippen molar-refractivity contribution < 1.29 is 19.7 Å². The molecule has 4 atom stereocenters. The molecule has 110 valence electrons. The molecule has 3 N–H and O–H groups in total. The second kappa shape index (κ2) is 5.70. The zero-order valence-electron chi connectivity index (χ0n) is 11.2. The van der Waals surface area contributed by atoms with Gasteiger partial charge in [0.25, 0.3) is 0 Å². The number of nitrogens with one attached hydrogen (secondary N) is 1. The molecule has 1 saturated heterocycles. The highest BCUT2D eigenvalue weighted by Gasteiger charge is 2.41. The van der Waals surface area contributed by atoms with E-state index in [-0.39, 0.29) is 24.2 Å². The normalized spacial score (nSPS) is 29.4. The highest BCUT2D eigenvalue weighted by molar-refractivity contribution is 5.87. The van der Waals surface area contributed by atoms with Gasteiger partial charge in [0.1, 0.15) is 11.9 Å². The number of amides is 1. The van der Waals surface area contributed by atoms with Gasteiger partial charge in [-0.15, -0.1) is 0 Å². The maximum absolute atomic E-state index is 11.9. The van der Waals surface area contributed by atoms with Crippen LogP contribution in [0.1, 0.15) is 20.1 Å². The molecule has 0 bridgehead atoms. The van der Waals surface area contributed by atoms with Crippen molar-refractivity contribution in [1.82, 2.24) is 9.55 Å². The van der Waals surface area contributed by atoms with Gasteiger partial charge in [0.05, 0.1) is 12.7 Å². The molecular weight excluding hydrogens is 266 g/mol. The van der Waals surface area contributed by atoms with Crippen LogP contribution in [0.2, 0.25) is 0 Å². The third-order valence-electron chi connectivity index (χ3n) is 3.32. The molecule has 1 amide bonds. The molecule has 8 heteroatoms. The minimum atomic E-state index is -0.918. The van der Waals surface area contributed by atoms with Gasteiger partial charge in [-0.25, -0.2) is 4.79 Å². The van der Waals surface area contributed by atoms with E-state index in [0.29, 0.717) is 0 Å². The third kappa shape index (κ3) is 2.72. The van der Waals surface area contributed by atoms with Gasteiger partial charge in [0, 0.05) is 19.0 Å². The lowest BCUT2D eigenvalue weighted by molar-refractivity contribution is -0.114. The Hall–Kier alpha value is -1.77. The number of aliphatic hydroxyl groups is 2. The molecule has 2 rings (SSSR count). The predicted octanol–water partition coefficient (Wildman–Crippen LogP) is -0.912. The molecule has 0 radical (unpaired) electrons. The average molecular weight is 283 g/mol. The number of hydrogen-bond donors (Lipinski definition) is 3. The van der Waals surface area contributed by atoms with Gasteiger partial charge in [0.15, 0.2) is 6.23 Å². The summed E-state index contributed by atoms with van der Waals surface area (Å²) in [6.07, 6.45) is -0.954. The van der Waals surface area contributed by atoms with E-state index in [9.17, 15) is 14.7 Å². The van der Waals surface area contributed by atoms with Crippen LogP contribution >= 0.6 is 0 Å². The van der Waals surface area contributed by atoms with Crippen molar-refractivity contribution in [2.24, 2.45) is 5.92 Å². The molecule has 0 spiro atoms. The minimum Gasteiger partial charge on any atom is -0.394 e. The predicted molar refractivity (Wildman–Crippen MR) is 69.0 cm³/mol. The fraction of sp³-hybridized carbons (Fsp3) is 0.583. The van der Waals surface area contributed by atoms with Crippen LogP contribution < -0.4 is 11.0 Å². The molecule has 1 aliphatic rings. The summed E-state index contributed by atoms with van der Waals surface area (Å²) < 4.78 is 6.60. The van der Waals surface area contributed by atoms with Gasteiger partial charge in [-0.05, 0) is 6.07 Å². The molecule has 1 unspecified atom stereocenters. The van der Waals surface area contributed by atoms with Gasteiger partial charge in [0.2, 0.25) is 5.91 Å². The second-order valence-corrected chi connectivity index (χ2v) is 4.78. The number of carbonyl (C=O) groups excluding carboxylic acids is 1. The van der Waals surface area contributed by atoms with E-state index >= 15 is 0 Å². The molecule has 1 aromatic rings. The lowest BCUT2D eigenvalue weighted by atomic mass is 10.0. The van der Waals surface area contributed by atoms with Crippen molar-refractivity contribution in [3.63, 3.8) is 0 Å². The zero-order valence-corrected chi connectivity index (χ0v) is 11.2. The molecule has 0 aromatic carbocycles. The summed E-state index contributed by atoms with van der Waals surface area (Å²) in [6.45, 7) is 2.81. The summed E-state index contributed by atoms with van der Waals surface area (Å²) in [5.74, 6) is -0.495. The van der Waals surface area contributed by atoms with Crippen molar-refractivity contribution in [1.29, 1.82) is 0 Å². The fourth-order valence-electron chi connectivity index (χ4n) is 2.16. The Labute approximate surface area is 115 Å². The summed E-state index contributed by atoms with van der Waals surface area (Å²) in [6, 6.07) is 1.44. The van der Waals surface area contributed by atoms with E-state index in [2.05, 4.69) is 10.3 Å². The summed E-state index contributed by atoms with van der Waals surface area (Å²) in [5.41, 5.74) is -0.647. The highest BCUT2D eigenvalue weighted by atomic mass is 16.5. The molecule has 1 fully saturated rings. The average Bonchev–Trinajstić information content (AvgIpc) is 2.66. The van der Waals surface area contributed by atoms with Crippen LogP contribution in [0.15, 0.2) is 17.1 Å². The van der Waals surface area contributed by atoms with Crippen molar-refractivity contribution in [3.8, 4) is 0 Å². The van der Waals surface area contributed by atoms with Crippen LogP contribution in [0, 0.1) is 5.92 Å². The minimum absolute atomic E-state index is 0.137. The van der Waals surface area contributed by atoms with Crippen LogP contribution in [0.4, 0.5) is 5.82 Å². The third-order valence-corrected chi connectivity index (χ3v) is 3.32. The van der Waals surface area contributed by atoms with E-state index in [1.165, 1.54) is 19.2 Å². The number of nitrogens with zero attached hydrogens (tertiary/aromatic N) is 2. The fourth-order valence-corrected chi connectivity index (χ4v) is 2.16. The Bertz CT molecular complexity index is 558. The van der Waals surface area contributed by atoms with Gasteiger partial charge in [-0.3, -0.25) is 9.36 Å². The number of rotatable bonds is 3. The van der Waals surface area contributed by atoms with E-state index in [1.807, 2.05) is 0 Å². The first-order chi connectivity index (χ1) is 9.43. The van der Waals surface area contributed by atoms with Crippen molar-refractivity contribution >= 4 is 11.7 Å². The summed E-state index contributed by atoms with van der Waals surface area (Å²) in [4.78, 5) is 26.5. The topological polar surface area (TPSA) is 114 Å². The maximum atomic E-state index is 11.9. The molecule has 1 aromatic heterocycles. The van der Waals surface area contributed by atoms with E-state index in [1.54, 1.807) is 6.92 Å². The first-order valence-corrected chi connectivity index (χ1v) is 6.25. The number of aliphatic hydroxyl groups excluding tert-OH is 2. The molecule has 20 heavy (non-hydrogen) atoms. The van der Waals surface area contributed by atoms with Crippen molar-refractivity contribution in [2.75, 3.05) is 11.9 Å². The van der Waals surface area contributed by atoms with Crippen molar-refractivity contribution in [2.45, 2.75) is 32.3 Å². The first-order valence-electron chi connectivity index (χ1n) is 6.25. The van der Waals surface area contributed by atoms with Crippen LogP contribution in [0.25, 0.3) is 0 Å². The van der Waals surface area contributed by atoms with E-state index in [4.69, 9.17) is 9.84 Å². The van der Waals surface area contributed by atoms with Gasteiger partial charge < -0.3 is 20.3 Å². The Morgan fingerprint density at radius 1 is 1.60 bits per heavy atom. The quantitative estimate of drug-likeness (QED) is 0.661. The summed E-state index contributed by atoms with van der Waals surface area (Å²) >= 11 is 0. The largest absolute Gasteiger partial charge is 0.394 e. The number of carbonyl (C=O) groups is 1. The highest BCUT2D eigenvalue weighted by Crippen LogP contribution is 2.32. The monoisotopic (exact) mass is 283 g/mol. The van der Waals surface area contributed by atoms with Crippen LogP contribution in [-0.2, 0) is 9.53 Å². The molecular formula is C12H17N3O5. The summed E-state index contributed by atoms with van der Waals surface area (Å²) in [5, 5.41) is 21.6. The SMILES string of the molecule is CC(=O)Nc1ccn([C@@H]2O[C@H](CO)[C@H](C)C2O)c(=O)n1.